The second kappa shape index (κ2) is 11.5. The van der Waals surface area contributed by atoms with Gasteiger partial charge in [0.25, 0.3) is 0 Å². The molecule has 1 fully saturated rings. The Bertz CT molecular complexity index is 1620. The summed E-state index contributed by atoms with van der Waals surface area (Å²) in [5, 5.41) is 2.79. The lowest BCUT2D eigenvalue weighted by Crippen LogP contribution is -2.24. The predicted octanol–water partition coefficient (Wildman–Crippen LogP) is 7.66. The highest BCUT2D eigenvalue weighted by atomic mass is 19.4. The van der Waals surface area contributed by atoms with Gasteiger partial charge >= 0.3 is 17.9 Å². The lowest BCUT2D eigenvalue weighted by Gasteiger charge is -2.20. The molecule has 1 saturated carbocycles. The number of hydrogen-bond acceptors (Lipinski definition) is 4. The van der Waals surface area contributed by atoms with Crippen molar-refractivity contribution in [2.75, 3.05) is 6.61 Å². The van der Waals surface area contributed by atoms with E-state index in [0.29, 0.717) is 54.7 Å². The topological polar surface area (TPSA) is 68.5 Å². The molecule has 1 amide bonds. The monoisotopic (exact) mass is 573 g/mol. The Morgan fingerprint density at radius 1 is 0.833 bits per heavy atom. The fourth-order valence-corrected chi connectivity index (χ4v) is 6.34. The van der Waals surface area contributed by atoms with Crippen LogP contribution in [-0.2, 0) is 30.3 Å². The van der Waals surface area contributed by atoms with Crippen LogP contribution < -0.4 is 10.9 Å². The maximum absolute atomic E-state index is 13.4. The van der Waals surface area contributed by atoms with Crippen molar-refractivity contribution in [1.82, 2.24) is 5.32 Å². The van der Waals surface area contributed by atoms with Gasteiger partial charge in [-0.05, 0) is 77.8 Å². The summed E-state index contributed by atoms with van der Waals surface area (Å²) >= 11 is 0. The molecule has 3 atom stereocenters. The Morgan fingerprint density at radius 2 is 1.45 bits per heavy atom. The normalized spacial score (nSPS) is 19.5. The predicted molar refractivity (Wildman–Crippen MR) is 153 cm³/mol. The number of amides is 1. The van der Waals surface area contributed by atoms with Crippen LogP contribution in [-0.4, -0.2) is 12.7 Å². The number of benzene rings is 3. The van der Waals surface area contributed by atoms with Crippen molar-refractivity contribution < 1.29 is 27.1 Å². The smallest absolute Gasteiger partial charge is 0.416 e. The molecular weight excluding hydrogens is 543 g/mol. The first-order valence-electron chi connectivity index (χ1n) is 14.2. The summed E-state index contributed by atoms with van der Waals surface area (Å²) < 4.78 is 51.1. The molecule has 216 valence electrons. The van der Waals surface area contributed by atoms with E-state index < -0.39 is 23.5 Å². The molecule has 0 aliphatic heterocycles. The third-order valence-corrected chi connectivity index (χ3v) is 8.53. The molecular formula is C34H30F3NO4. The second-order valence-electron chi connectivity index (χ2n) is 11.0. The van der Waals surface area contributed by atoms with E-state index in [9.17, 15) is 22.8 Å². The van der Waals surface area contributed by atoms with Crippen LogP contribution in [0.1, 0.15) is 35.1 Å². The number of alkyl carbamates (subject to hydrolysis) is 1. The molecule has 6 rings (SSSR count). The van der Waals surface area contributed by atoms with Crippen LogP contribution in [0.15, 0.2) is 94.1 Å². The van der Waals surface area contributed by atoms with Crippen molar-refractivity contribution in [3.63, 3.8) is 0 Å². The summed E-state index contributed by atoms with van der Waals surface area (Å²) in [7, 11) is 0. The van der Waals surface area contributed by atoms with Crippen LogP contribution >= 0.6 is 0 Å². The van der Waals surface area contributed by atoms with Crippen LogP contribution in [0.2, 0.25) is 0 Å². The minimum atomic E-state index is -4.47. The molecule has 0 bridgehead atoms. The summed E-state index contributed by atoms with van der Waals surface area (Å²) in [5.74, 6) is 1.46. The lowest BCUT2D eigenvalue weighted by atomic mass is 9.87. The van der Waals surface area contributed by atoms with Crippen molar-refractivity contribution >= 4 is 6.09 Å². The Balaban J connectivity index is 1.23. The second-order valence-corrected chi connectivity index (χ2v) is 11.0. The third kappa shape index (κ3) is 5.84. The van der Waals surface area contributed by atoms with Gasteiger partial charge in [0.15, 0.2) is 0 Å². The first-order valence-corrected chi connectivity index (χ1v) is 14.2. The zero-order valence-electron chi connectivity index (χ0n) is 22.8. The number of carbonyl (C=O) groups is 1. The van der Waals surface area contributed by atoms with Gasteiger partial charge in [-0.2, -0.15) is 13.2 Å². The van der Waals surface area contributed by atoms with E-state index in [1.807, 2.05) is 60.7 Å². The van der Waals surface area contributed by atoms with Crippen molar-refractivity contribution in [2.24, 2.45) is 17.8 Å². The molecule has 5 nitrogen and oxygen atoms in total. The van der Waals surface area contributed by atoms with Gasteiger partial charge in [0.05, 0.1) is 17.7 Å². The summed E-state index contributed by atoms with van der Waals surface area (Å²) in [6.07, 6.45) is -2.08. The van der Waals surface area contributed by atoms with E-state index in [4.69, 9.17) is 9.15 Å². The first-order chi connectivity index (χ1) is 20.3. The molecule has 2 aliphatic rings. The fourth-order valence-electron chi connectivity index (χ4n) is 6.34. The van der Waals surface area contributed by atoms with E-state index in [-0.39, 0.29) is 5.92 Å². The highest BCUT2D eigenvalue weighted by molar-refractivity contribution is 5.73. The molecule has 0 unspecified atom stereocenters. The molecule has 8 heteroatoms. The quantitative estimate of drug-likeness (QED) is 0.257. The van der Waals surface area contributed by atoms with Gasteiger partial charge in [0, 0.05) is 12.1 Å². The van der Waals surface area contributed by atoms with Crippen molar-refractivity contribution in [1.29, 1.82) is 0 Å². The Morgan fingerprint density at radius 3 is 2.10 bits per heavy atom. The number of alkyl halides is 3. The zero-order chi connectivity index (χ0) is 29.3. The van der Waals surface area contributed by atoms with Crippen molar-refractivity contribution in [2.45, 2.75) is 38.4 Å². The van der Waals surface area contributed by atoms with Gasteiger partial charge in [-0.25, -0.2) is 9.59 Å². The SMILES string of the molecule is O=C(NCc1ccccc1)OC[C@H]1[C@@H]2CCc3c(-c4ccccc4)oc(=O)c(-c4ccc(C(F)(F)F)cc4)c3CC[C@@H]21. The maximum atomic E-state index is 13.4. The molecule has 4 aromatic rings. The molecule has 1 heterocycles. The average molecular weight is 574 g/mol. The zero-order valence-corrected chi connectivity index (χ0v) is 22.8. The molecule has 0 radical (unpaired) electrons. The maximum Gasteiger partial charge on any atom is 0.416 e. The average Bonchev–Trinajstić information content (AvgIpc) is 3.65. The number of fused-ring (bicyclic) bond motifs is 2. The number of nitrogens with one attached hydrogen (secondary N) is 1. The number of carbonyl (C=O) groups excluding carboxylic acids is 1. The van der Waals surface area contributed by atoms with Gasteiger partial charge in [-0.15, -0.1) is 0 Å². The summed E-state index contributed by atoms with van der Waals surface area (Å²) in [6.45, 7) is 0.712. The van der Waals surface area contributed by atoms with Crippen molar-refractivity contribution in [3.05, 3.63) is 118 Å². The number of hydrogen-bond donors (Lipinski definition) is 1. The summed E-state index contributed by atoms with van der Waals surface area (Å²) in [5.41, 5.74) is 2.93. The Kier molecular flexibility index (Phi) is 7.62. The summed E-state index contributed by atoms with van der Waals surface area (Å²) in [6, 6.07) is 23.7. The molecule has 0 saturated heterocycles. The molecule has 42 heavy (non-hydrogen) atoms. The highest BCUT2D eigenvalue weighted by Crippen LogP contribution is 2.54. The third-order valence-electron chi connectivity index (χ3n) is 8.53. The Labute approximate surface area is 241 Å². The van der Waals surface area contributed by atoms with Gasteiger partial charge in [-0.3, -0.25) is 0 Å². The van der Waals surface area contributed by atoms with E-state index in [1.165, 1.54) is 12.1 Å². The minimum absolute atomic E-state index is 0.222. The highest BCUT2D eigenvalue weighted by Gasteiger charge is 2.50. The van der Waals surface area contributed by atoms with Crippen LogP contribution in [0, 0.1) is 17.8 Å². The van der Waals surface area contributed by atoms with Crippen LogP contribution in [0.4, 0.5) is 18.0 Å². The number of rotatable bonds is 6. The molecule has 1 aromatic heterocycles. The number of ether oxygens (including phenoxy) is 1. The first kappa shape index (κ1) is 27.8. The van der Waals surface area contributed by atoms with Crippen LogP contribution in [0.25, 0.3) is 22.5 Å². The van der Waals surface area contributed by atoms with Gasteiger partial charge in [-0.1, -0.05) is 72.8 Å². The van der Waals surface area contributed by atoms with Crippen molar-refractivity contribution in [3.8, 4) is 22.5 Å². The molecule has 0 spiro atoms. The summed E-state index contributed by atoms with van der Waals surface area (Å²) in [4.78, 5) is 25.8. The fraction of sp³-hybridized carbons (Fsp3) is 0.294. The molecule has 2 aliphatic carbocycles. The minimum Gasteiger partial charge on any atom is -0.449 e. The van der Waals surface area contributed by atoms with Gasteiger partial charge in [0.2, 0.25) is 0 Å². The van der Waals surface area contributed by atoms with Crippen LogP contribution in [0.3, 0.4) is 0 Å². The standard InChI is InChI=1S/C34H30F3NO4/c35-34(36,37)24-13-11-22(12-14-24)30-27-17-15-25-26(29(25)20-41-33(40)38-19-21-7-3-1-4-8-21)16-18-28(27)31(42-32(30)39)23-9-5-2-6-10-23/h1-14,25-26,29H,15-20H2,(H,38,40)/t25-,26+,29+/m0/s1. The lowest BCUT2D eigenvalue weighted by molar-refractivity contribution is -0.137. The van der Waals surface area contributed by atoms with Crippen LogP contribution in [0.5, 0.6) is 0 Å². The largest absolute Gasteiger partial charge is 0.449 e. The number of halogens is 3. The van der Waals surface area contributed by atoms with Gasteiger partial charge in [0.1, 0.15) is 5.76 Å². The molecule has 1 N–H and O–H groups in total. The van der Waals surface area contributed by atoms with E-state index in [2.05, 4.69) is 5.32 Å². The Hall–Kier alpha value is -4.33. The van der Waals surface area contributed by atoms with E-state index in [0.717, 1.165) is 47.2 Å². The van der Waals surface area contributed by atoms with E-state index >= 15 is 0 Å². The van der Waals surface area contributed by atoms with Gasteiger partial charge < -0.3 is 14.5 Å². The van der Waals surface area contributed by atoms with E-state index in [1.54, 1.807) is 0 Å². The molecule has 3 aromatic carbocycles.